The number of rotatable bonds is 8. The second-order valence-corrected chi connectivity index (χ2v) is 10.4. The second-order valence-electron chi connectivity index (χ2n) is 9.93. The van der Waals surface area contributed by atoms with Crippen molar-refractivity contribution in [1.82, 2.24) is 14.9 Å². The lowest BCUT2D eigenvalue weighted by Gasteiger charge is -2.23. The Balaban J connectivity index is 1.51. The fraction of sp³-hybridized carbons (Fsp3) is 0.323. The van der Waals surface area contributed by atoms with Gasteiger partial charge < -0.3 is 9.88 Å². The van der Waals surface area contributed by atoms with Crippen molar-refractivity contribution in [1.29, 1.82) is 0 Å². The van der Waals surface area contributed by atoms with Crippen molar-refractivity contribution in [3.63, 3.8) is 0 Å². The third-order valence-electron chi connectivity index (χ3n) is 7.20. The van der Waals surface area contributed by atoms with Crippen molar-refractivity contribution in [3.8, 4) is 0 Å². The first-order valence-electron chi connectivity index (χ1n) is 13.4. The van der Waals surface area contributed by atoms with Crippen molar-refractivity contribution < 1.29 is 9.59 Å². The third kappa shape index (κ3) is 5.32. The maximum absolute atomic E-state index is 13.9. The molecule has 1 aliphatic rings. The number of aryl methyl sites for hydroxylation is 1. The topological polar surface area (TPSA) is 67.2 Å². The number of hydrogen-bond acceptors (Lipinski definition) is 3. The molecule has 7 heteroatoms. The van der Waals surface area contributed by atoms with E-state index in [4.69, 9.17) is 16.6 Å². The van der Waals surface area contributed by atoms with E-state index in [-0.39, 0.29) is 17.9 Å². The summed E-state index contributed by atoms with van der Waals surface area (Å²) < 4.78 is 2.01. The Morgan fingerprint density at radius 3 is 2.66 bits per heavy atom. The average Bonchev–Trinajstić information content (AvgIpc) is 3.32. The summed E-state index contributed by atoms with van der Waals surface area (Å²) in [7, 11) is 0. The van der Waals surface area contributed by atoms with E-state index in [1.54, 1.807) is 29.2 Å². The van der Waals surface area contributed by atoms with E-state index in [1.807, 2.05) is 23.6 Å². The van der Waals surface area contributed by atoms with Gasteiger partial charge >= 0.3 is 0 Å². The molecule has 2 heterocycles. The number of benzene rings is 3. The van der Waals surface area contributed by atoms with Crippen LogP contribution >= 0.6 is 11.6 Å². The van der Waals surface area contributed by atoms with E-state index in [9.17, 15) is 9.59 Å². The number of hydrogen-bond donors (Lipinski definition) is 1. The lowest BCUT2D eigenvalue weighted by molar-refractivity contribution is 0.0930. The second kappa shape index (κ2) is 11.4. The van der Waals surface area contributed by atoms with Crippen LogP contribution in [0.3, 0.4) is 0 Å². The van der Waals surface area contributed by atoms with Crippen LogP contribution in [0.2, 0.25) is 5.02 Å². The van der Waals surface area contributed by atoms with Crippen molar-refractivity contribution in [2.24, 2.45) is 0 Å². The number of fused-ring (bicyclic) bond motifs is 2. The molecule has 0 spiro atoms. The quantitative estimate of drug-likeness (QED) is 0.268. The molecule has 3 aromatic carbocycles. The van der Waals surface area contributed by atoms with Gasteiger partial charge in [-0.15, -0.1) is 0 Å². The van der Waals surface area contributed by atoms with Crippen LogP contribution in [0.4, 0.5) is 5.82 Å². The molecular weight excluding hydrogens is 496 g/mol. The van der Waals surface area contributed by atoms with Gasteiger partial charge in [0, 0.05) is 30.1 Å². The third-order valence-corrected chi connectivity index (χ3v) is 7.44. The standard InChI is InChI=1S/C31H33ClN4O2/c1-3-4-17-36(31(38)25-12-9-13-26(32)20-25)29-28(35-18-8-7-14-27(35)34-29)30(37)33-21(2)23-16-15-22-10-5-6-11-24(22)19-23/h5-6,9-13,15-16,19-21H,3-4,7-8,14,17-18H2,1-2H3,(H,33,37). The molecule has 38 heavy (non-hydrogen) atoms. The summed E-state index contributed by atoms with van der Waals surface area (Å²) >= 11 is 6.21. The van der Waals surface area contributed by atoms with E-state index < -0.39 is 0 Å². The molecule has 0 aliphatic carbocycles. The molecule has 0 bridgehead atoms. The van der Waals surface area contributed by atoms with E-state index in [0.717, 1.165) is 54.3 Å². The van der Waals surface area contributed by atoms with Gasteiger partial charge in [-0.05, 0) is 66.8 Å². The molecule has 0 saturated carbocycles. The number of unbranched alkanes of at least 4 members (excludes halogenated alkanes) is 1. The van der Waals surface area contributed by atoms with Crippen LogP contribution in [0.1, 0.15) is 77.8 Å². The number of nitrogens with zero attached hydrogens (tertiary/aromatic N) is 3. The number of imidazole rings is 1. The monoisotopic (exact) mass is 528 g/mol. The lowest BCUT2D eigenvalue weighted by Crippen LogP contribution is -2.36. The summed E-state index contributed by atoms with van der Waals surface area (Å²) in [4.78, 5) is 34.2. The first-order valence-corrected chi connectivity index (χ1v) is 13.8. The number of carbonyl (C=O) groups excluding carboxylic acids is 2. The molecule has 6 nitrogen and oxygen atoms in total. The maximum atomic E-state index is 13.9. The predicted octanol–water partition coefficient (Wildman–Crippen LogP) is 6.96. The molecule has 1 aromatic heterocycles. The molecule has 0 radical (unpaired) electrons. The highest BCUT2D eigenvalue weighted by Gasteiger charge is 2.31. The van der Waals surface area contributed by atoms with Gasteiger partial charge in [0.2, 0.25) is 0 Å². The minimum Gasteiger partial charge on any atom is -0.344 e. The Morgan fingerprint density at radius 1 is 1.05 bits per heavy atom. The first-order chi connectivity index (χ1) is 18.5. The Kier molecular flexibility index (Phi) is 7.79. The zero-order valence-corrected chi connectivity index (χ0v) is 22.7. The van der Waals surface area contributed by atoms with Crippen LogP contribution in [0.15, 0.2) is 66.7 Å². The minimum atomic E-state index is -0.221. The summed E-state index contributed by atoms with van der Waals surface area (Å²) in [5, 5.41) is 5.98. The van der Waals surface area contributed by atoms with Crippen molar-refractivity contribution >= 4 is 40.0 Å². The number of aromatic nitrogens is 2. The fourth-order valence-corrected chi connectivity index (χ4v) is 5.30. The van der Waals surface area contributed by atoms with E-state index in [1.165, 1.54) is 0 Å². The Labute approximate surface area is 228 Å². The molecule has 4 aromatic rings. The summed E-state index contributed by atoms with van der Waals surface area (Å²) in [5.74, 6) is 0.869. The van der Waals surface area contributed by atoms with Crippen LogP contribution in [-0.2, 0) is 13.0 Å². The summed E-state index contributed by atoms with van der Waals surface area (Å²) in [6.07, 6.45) is 4.48. The van der Waals surface area contributed by atoms with Gasteiger partial charge in [-0.2, -0.15) is 0 Å². The van der Waals surface area contributed by atoms with E-state index in [0.29, 0.717) is 35.2 Å². The van der Waals surface area contributed by atoms with Crippen LogP contribution in [0.5, 0.6) is 0 Å². The number of anilines is 1. The van der Waals surface area contributed by atoms with Gasteiger partial charge in [-0.3, -0.25) is 14.5 Å². The molecule has 1 atom stereocenters. The lowest BCUT2D eigenvalue weighted by atomic mass is 10.0. The van der Waals surface area contributed by atoms with Crippen molar-refractivity contribution in [2.75, 3.05) is 11.4 Å². The molecule has 196 valence electrons. The smallest absolute Gasteiger partial charge is 0.272 e. The summed E-state index contributed by atoms with van der Waals surface area (Å²) in [6, 6.07) is 21.2. The Hall–Kier alpha value is -3.64. The minimum absolute atomic E-state index is 0.201. The largest absolute Gasteiger partial charge is 0.344 e. The SMILES string of the molecule is CCCCN(C(=O)c1cccc(Cl)c1)c1nc2n(c1C(=O)NC(C)c1ccc3ccccc3c1)CCCC2. The Morgan fingerprint density at radius 2 is 1.87 bits per heavy atom. The first kappa shape index (κ1) is 26.0. The highest BCUT2D eigenvalue weighted by molar-refractivity contribution is 6.31. The van der Waals surface area contributed by atoms with Crippen LogP contribution in [0.25, 0.3) is 10.8 Å². The summed E-state index contributed by atoms with van der Waals surface area (Å²) in [6.45, 7) is 5.25. The maximum Gasteiger partial charge on any atom is 0.272 e. The molecule has 1 N–H and O–H groups in total. The molecule has 0 fully saturated rings. The van der Waals surface area contributed by atoms with Crippen molar-refractivity contribution in [2.45, 2.75) is 58.5 Å². The highest BCUT2D eigenvalue weighted by atomic mass is 35.5. The molecule has 5 rings (SSSR count). The Bertz CT molecular complexity index is 1480. The van der Waals surface area contributed by atoms with Gasteiger partial charge in [-0.1, -0.05) is 67.4 Å². The van der Waals surface area contributed by atoms with Gasteiger partial charge in [0.1, 0.15) is 5.82 Å². The van der Waals surface area contributed by atoms with Gasteiger partial charge in [0.15, 0.2) is 11.5 Å². The average molecular weight is 529 g/mol. The number of amides is 2. The van der Waals surface area contributed by atoms with Gasteiger partial charge in [0.25, 0.3) is 11.8 Å². The van der Waals surface area contributed by atoms with Crippen LogP contribution < -0.4 is 10.2 Å². The van der Waals surface area contributed by atoms with Crippen molar-refractivity contribution in [3.05, 3.63) is 94.4 Å². The number of nitrogens with one attached hydrogen (secondary N) is 1. The van der Waals surface area contributed by atoms with Crippen LogP contribution in [-0.4, -0.2) is 27.9 Å². The number of halogens is 1. The zero-order valence-electron chi connectivity index (χ0n) is 21.9. The van der Waals surface area contributed by atoms with E-state index >= 15 is 0 Å². The molecule has 1 unspecified atom stereocenters. The van der Waals surface area contributed by atoms with E-state index in [2.05, 4.69) is 42.6 Å². The highest BCUT2D eigenvalue weighted by Crippen LogP contribution is 2.29. The zero-order chi connectivity index (χ0) is 26.6. The molecule has 1 aliphatic heterocycles. The number of carbonyl (C=O) groups is 2. The molecule has 2 amide bonds. The summed E-state index contributed by atoms with van der Waals surface area (Å²) in [5.41, 5.74) is 1.96. The molecule has 0 saturated heterocycles. The predicted molar refractivity (Wildman–Crippen MR) is 153 cm³/mol. The normalized spacial score (nSPS) is 13.7. The van der Waals surface area contributed by atoms with Gasteiger partial charge in [-0.25, -0.2) is 4.98 Å². The van der Waals surface area contributed by atoms with Crippen LogP contribution in [0, 0.1) is 0 Å². The fourth-order valence-electron chi connectivity index (χ4n) is 5.11. The van der Waals surface area contributed by atoms with Gasteiger partial charge in [0.05, 0.1) is 6.04 Å². The molecular formula is C31H33ClN4O2.